The molecule has 0 unspecified atom stereocenters. The van der Waals surface area contributed by atoms with Crippen LogP contribution in [-0.4, -0.2) is 30.9 Å². The van der Waals surface area contributed by atoms with E-state index in [1.165, 1.54) is 13.0 Å². The van der Waals surface area contributed by atoms with Crippen LogP contribution in [0.15, 0.2) is 18.2 Å². The van der Waals surface area contributed by atoms with Crippen LogP contribution in [0.25, 0.3) is 0 Å². The van der Waals surface area contributed by atoms with Crippen LogP contribution in [-0.2, 0) is 9.53 Å². The maximum Gasteiger partial charge on any atom is 0.306 e. The van der Waals surface area contributed by atoms with E-state index in [9.17, 15) is 14.0 Å². The van der Waals surface area contributed by atoms with E-state index < -0.39 is 5.82 Å². The molecule has 1 aromatic rings. The van der Waals surface area contributed by atoms with E-state index >= 15 is 0 Å². The van der Waals surface area contributed by atoms with Crippen molar-refractivity contribution in [2.24, 2.45) is 5.92 Å². The predicted molar refractivity (Wildman–Crippen MR) is 87.2 cm³/mol. The maximum absolute atomic E-state index is 14.0. The van der Waals surface area contributed by atoms with Gasteiger partial charge in [-0.1, -0.05) is 6.07 Å². The van der Waals surface area contributed by atoms with E-state index in [-0.39, 0.29) is 29.3 Å². The average Bonchev–Trinajstić information content (AvgIpc) is 2.45. The lowest BCUT2D eigenvalue weighted by Gasteiger charge is -2.35. The molecular formula is C18H24FNO3. The maximum atomic E-state index is 14.0. The quantitative estimate of drug-likeness (QED) is 0.614. The lowest BCUT2D eigenvalue weighted by Crippen LogP contribution is -2.37. The Labute approximate surface area is 136 Å². The molecule has 0 aromatic heterocycles. The molecule has 1 heterocycles. The number of Topliss-reactive ketones (excluding diaryl/α,β-unsaturated/α-hetero) is 1. The van der Waals surface area contributed by atoms with Crippen LogP contribution in [0.3, 0.4) is 0 Å². The van der Waals surface area contributed by atoms with Crippen molar-refractivity contribution in [3.05, 3.63) is 29.6 Å². The molecule has 0 aliphatic carbocycles. The molecule has 1 saturated heterocycles. The molecule has 0 bridgehead atoms. The Morgan fingerprint density at radius 2 is 2.13 bits per heavy atom. The fraction of sp³-hybridized carbons (Fsp3) is 0.556. The molecular weight excluding hydrogens is 297 g/mol. The van der Waals surface area contributed by atoms with Crippen molar-refractivity contribution in [3.8, 4) is 0 Å². The first kappa shape index (κ1) is 17.4. The summed E-state index contributed by atoms with van der Waals surface area (Å²) in [4.78, 5) is 25.6. The molecule has 4 nitrogen and oxygen atoms in total. The number of ether oxygens (including phenoxy) is 1. The molecule has 1 aliphatic heterocycles. The minimum atomic E-state index is -0.489. The van der Waals surface area contributed by atoms with Crippen LogP contribution in [0.4, 0.5) is 10.1 Å². The first-order valence-electron chi connectivity index (χ1n) is 8.12. The van der Waals surface area contributed by atoms with Crippen molar-refractivity contribution in [3.63, 3.8) is 0 Å². The number of piperidine rings is 1. The summed E-state index contributed by atoms with van der Waals surface area (Å²) >= 11 is 0. The summed E-state index contributed by atoms with van der Waals surface area (Å²) in [5.74, 6) is -0.799. The number of ketones is 1. The molecule has 0 saturated carbocycles. The second-order valence-electron chi connectivity index (χ2n) is 6.39. The highest BCUT2D eigenvalue weighted by atomic mass is 19.1. The summed E-state index contributed by atoms with van der Waals surface area (Å²) in [6, 6.07) is 4.70. The van der Waals surface area contributed by atoms with Gasteiger partial charge >= 0.3 is 5.97 Å². The predicted octanol–water partition coefficient (Wildman–Crippen LogP) is 3.59. The van der Waals surface area contributed by atoms with Crippen LogP contribution in [0.1, 0.15) is 50.4 Å². The highest BCUT2D eigenvalue weighted by Gasteiger charge is 2.26. The number of carbonyl (C=O) groups is 2. The van der Waals surface area contributed by atoms with E-state index in [4.69, 9.17) is 4.74 Å². The van der Waals surface area contributed by atoms with Crippen molar-refractivity contribution in [2.75, 3.05) is 18.0 Å². The highest BCUT2D eigenvalue weighted by molar-refractivity contribution is 6.00. The zero-order valence-electron chi connectivity index (χ0n) is 14.0. The minimum absolute atomic E-state index is 0.116. The third kappa shape index (κ3) is 4.53. The summed E-state index contributed by atoms with van der Waals surface area (Å²) in [5, 5.41) is 0. The summed E-state index contributed by atoms with van der Waals surface area (Å²) in [5.41, 5.74) is 0.761. The Kier molecular flexibility index (Phi) is 5.74. The van der Waals surface area contributed by atoms with Crippen LogP contribution in [0.2, 0.25) is 0 Å². The number of nitrogens with zero attached hydrogens (tertiary/aromatic N) is 1. The third-order valence-electron chi connectivity index (χ3n) is 4.03. The number of benzene rings is 1. The lowest BCUT2D eigenvalue weighted by molar-refractivity contribution is -0.148. The first-order valence-corrected chi connectivity index (χ1v) is 8.12. The molecule has 0 spiro atoms. The van der Waals surface area contributed by atoms with E-state index in [0.717, 1.165) is 19.4 Å². The molecule has 5 heteroatoms. The van der Waals surface area contributed by atoms with Crippen LogP contribution >= 0.6 is 0 Å². The molecule has 1 aromatic carbocycles. The highest BCUT2D eigenvalue weighted by Crippen LogP contribution is 2.29. The van der Waals surface area contributed by atoms with Gasteiger partial charge < -0.3 is 9.64 Å². The standard InChI is InChI=1S/C18H24FNO3/c1-12(2)23-17(22)10-14-6-5-9-20(11-14)16-8-4-7-15(19)18(16)13(3)21/h4,7-8,12,14H,5-6,9-11H2,1-3H3/t14-/m0/s1. The number of rotatable bonds is 5. The molecule has 0 N–H and O–H groups in total. The lowest BCUT2D eigenvalue weighted by atomic mass is 9.93. The number of halogens is 1. The number of hydrogen-bond donors (Lipinski definition) is 0. The van der Waals surface area contributed by atoms with Crippen molar-refractivity contribution in [2.45, 2.75) is 46.1 Å². The van der Waals surface area contributed by atoms with Crippen molar-refractivity contribution >= 4 is 17.4 Å². The molecule has 1 atom stereocenters. The monoisotopic (exact) mass is 321 g/mol. The number of anilines is 1. The van der Waals surface area contributed by atoms with Gasteiger partial charge in [-0.15, -0.1) is 0 Å². The van der Waals surface area contributed by atoms with Crippen LogP contribution in [0.5, 0.6) is 0 Å². The Morgan fingerprint density at radius 3 is 2.78 bits per heavy atom. The zero-order valence-corrected chi connectivity index (χ0v) is 14.0. The van der Waals surface area contributed by atoms with E-state index in [0.29, 0.717) is 18.7 Å². The smallest absolute Gasteiger partial charge is 0.306 e. The first-order chi connectivity index (χ1) is 10.9. The Bertz CT molecular complexity index is 586. The van der Waals surface area contributed by atoms with E-state index in [1.807, 2.05) is 18.7 Å². The summed E-state index contributed by atoms with van der Waals surface area (Å²) in [7, 11) is 0. The van der Waals surface area contributed by atoms with Crippen LogP contribution in [0, 0.1) is 11.7 Å². The Morgan fingerprint density at radius 1 is 1.39 bits per heavy atom. The second kappa shape index (κ2) is 7.57. The Balaban J connectivity index is 2.11. The minimum Gasteiger partial charge on any atom is -0.463 e. The number of carbonyl (C=O) groups excluding carboxylic acids is 2. The SMILES string of the molecule is CC(=O)c1c(F)cccc1N1CCC[C@@H](CC(=O)OC(C)C)C1. The summed E-state index contributed by atoms with van der Waals surface area (Å²) in [6.45, 7) is 6.44. The van der Waals surface area contributed by atoms with Crippen LogP contribution < -0.4 is 4.90 Å². The average molecular weight is 321 g/mol. The zero-order chi connectivity index (χ0) is 17.0. The molecule has 0 radical (unpaired) electrons. The third-order valence-corrected chi connectivity index (χ3v) is 4.03. The number of esters is 1. The summed E-state index contributed by atoms with van der Waals surface area (Å²) in [6.07, 6.45) is 2.09. The topological polar surface area (TPSA) is 46.6 Å². The van der Waals surface area contributed by atoms with Gasteiger partial charge in [-0.25, -0.2) is 4.39 Å². The van der Waals surface area contributed by atoms with Crippen molar-refractivity contribution in [1.29, 1.82) is 0 Å². The van der Waals surface area contributed by atoms with Gasteiger partial charge in [0.15, 0.2) is 5.78 Å². The van der Waals surface area contributed by atoms with Gasteiger partial charge in [0, 0.05) is 13.1 Å². The van der Waals surface area contributed by atoms with Gasteiger partial charge in [0.05, 0.1) is 23.8 Å². The molecule has 1 fully saturated rings. The van der Waals surface area contributed by atoms with Crippen molar-refractivity contribution < 1.29 is 18.7 Å². The summed E-state index contributed by atoms with van der Waals surface area (Å²) < 4.78 is 19.2. The number of hydrogen-bond acceptors (Lipinski definition) is 4. The van der Waals surface area contributed by atoms with Gasteiger partial charge in [0.1, 0.15) is 5.82 Å². The van der Waals surface area contributed by atoms with Gasteiger partial charge in [-0.2, -0.15) is 0 Å². The fourth-order valence-electron chi connectivity index (χ4n) is 3.12. The second-order valence-corrected chi connectivity index (χ2v) is 6.39. The molecule has 0 amide bonds. The van der Waals surface area contributed by atoms with Gasteiger partial charge in [-0.05, 0) is 51.7 Å². The van der Waals surface area contributed by atoms with Crippen molar-refractivity contribution in [1.82, 2.24) is 0 Å². The fourth-order valence-corrected chi connectivity index (χ4v) is 3.12. The normalized spacial score (nSPS) is 18.1. The van der Waals surface area contributed by atoms with E-state index in [2.05, 4.69) is 0 Å². The largest absolute Gasteiger partial charge is 0.463 e. The Hall–Kier alpha value is -1.91. The van der Waals surface area contributed by atoms with E-state index in [1.54, 1.807) is 12.1 Å². The molecule has 23 heavy (non-hydrogen) atoms. The molecule has 1 aliphatic rings. The van der Waals surface area contributed by atoms with Gasteiger partial charge in [0.2, 0.25) is 0 Å². The van der Waals surface area contributed by atoms with Gasteiger partial charge in [-0.3, -0.25) is 9.59 Å². The van der Waals surface area contributed by atoms with Gasteiger partial charge in [0.25, 0.3) is 0 Å². The molecule has 126 valence electrons. The molecule has 2 rings (SSSR count).